The number of nitrogens with two attached hydrogens (primary N) is 1. The van der Waals surface area contributed by atoms with Gasteiger partial charge in [-0.1, -0.05) is 30.3 Å². The van der Waals surface area contributed by atoms with E-state index in [1.807, 2.05) is 6.07 Å². The van der Waals surface area contributed by atoms with Crippen LogP contribution < -0.4 is 16.4 Å². The Hall–Kier alpha value is -3.73. The van der Waals surface area contributed by atoms with Crippen LogP contribution in [0.4, 0.5) is 0 Å². The van der Waals surface area contributed by atoms with Gasteiger partial charge in [0.1, 0.15) is 18.1 Å². The molecular weight excluding hydrogens is 440 g/mol. The van der Waals surface area contributed by atoms with Crippen LogP contribution in [0.15, 0.2) is 42.9 Å². The number of aromatic nitrogens is 2. The lowest BCUT2D eigenvalue weighted by atomic mass is 10.1. The molecule has 11 heteroatoms. The molecule has 2 heterocycles. The number of amides is 3. The predicted octanol–water partition coefficient (Wildman–Crippen LogP) is -0.413. The molecule has 1 fully saturated rings. The monoisotopic (exact) mass is 470 g/mol. The Labute approximate surface area is 197 Å². The quantitative estimate of drug-likeness (QED) is 0.314. The molecule has 3 rings (SSSR count). The Morgan fingerprint density at radius 3 is 2.59 bits per heavy atom. The maximum Gasteiger partial charge on any atom is 0.326 e. The fourth-order valence-corrected chi connectivity index (χ4v) is 3.98. The van der Waals surface area contributed by atoms with Gasteiger partial charge in [-0.25, -0.2) is 9.78 Å². The number of likely N-dealkylation sites (tertiary alicyclic amines) is 1. The summed E-state index contributed by atoms with van der Waals surface area (Å²) in [7, 11) is 0. The van der Waals surface area contributed by atoms with Gasteiger partial charge in [0, 0.05) is 31.3 Å². The van der Waals surface area contributed by atoms with Gasteiger partial charge in [0.15, 0.2) is 0 Å². The maximum absolute atomic E-state index is 13.0. The third kappa shape index (κ3) is 6.41. The lowest BCUT2D eigenvalue weighted by Gasteiger charge is -2.28. The fraction of sp³-hybridized carbons (Fsp3) is 0.435. The molecule has 4 atom stereocenters. The van der Waals surface area contributed by atoms with Gasteiger partial charge in [-0.2, -0.15) is 0 Å². The maximum atomic E-state index is 13.0. The number of aliphatic carboxylic acids is 1. The standard InChI is InChI=1S/C23H30N6O5/c1-14(27-20(30)17(24)11-16-12-25-13-26-16)22(32)29-9-5-8-19(29)21(31)28-18(23(33)34)10-15-6-3-2-4-7-15/h2-4,6-7,12-14,17-19H,5,8-11,24H2,1H3,(H,25,26)(H,27,30)(H,28,31)(H,33,34). The zero-order chi connectivity index (χ0) is 24.7. The Kier molecular flexibility index (Phi) is 8.36. The Bertz CT molecular complexity index is 997. The largest absolute Gasteiger partial charge is 0.480 e. The van der Waals surface area contributed by atoms with Crippen LogP contribution in [-0.4, -0.2) is 74.4 Å². The molecule has 1 saturated heterocycles. The van der Waals surface area contributed by atoms with E-state index >= 15 is 0 Å². The lowest BCUT2D eigenvalue weighted by Crippen LogP contribution is -2.56. The molecule has 0 radical (unpaired) electrons. The van der Waals surface area contributed by atoms with Crippen molar-refractivity contribution in [2.75, 3.05) is 6.54 Å². The van der Waals surface area contributed by atoms with Gasteiger partial charge in [-0.3, -0.25) is 14.4 Å². The lowest BCUT2D eigenvalue weighted by molar-refractivity contribution is -0.144. The Morgan fingerprint density at radius 2 is 1.94 bits per heavy atom. The van der Waals surface area contributed by atoms with E-state index in [9.17, 15) is 24.3 Å². The van der Waals surface area contributed by atoms with Crippen LogP contribution in [0.2, 0.25) is 0 Å². The van der Waals surface area contributed by atoms with Crippen molar-refractivity contribution in [3.63, 3.8) is 0 Å². The van der Waals surface area contributed by atoms with Crippen LogP contribution in [0.3, 0.4) is 0 Å². The van der Waals surface area contributed by atoms with Crippen LogP contribution in [0.25, 0.3) is 0 Å². The van der Waals surface area contributed by atoms with Gasteiger partial charge < -0.3 is 31.4 Å². The Morgan fingerprint density at radius 1 is 1.21 bits per heavy atom. The molecule has 4 unspecified atom stereocenters. The van der Waals surface area contributed by atoms with Crippen LogP contribution in [-0.2, 0) is 32.0 Å². The second-order valence-corrected chi connectivity index (χ2v) is 8.40. The summed E-state index contributed by atoms with van der Waals surface area (Å²) in [5, 5.41) is 14.7. The summed E-state index contributed by atoms with van der Waals surface area (Å²) in [5.41, 5.74) is 7.40. The van der Waals surface area contributed by atoms with E-state index in [0.717, 1.165) is 5.56 Å². The number of imidazole rings is 1. The highest BCUT2D eigenvalue weighted by molar-refractivity contribution is 5.94. The summed E-state index contributed by atoms with van der Waals surface area (Å²) in [6.45, 7) is 1.87. The van der Waals surface area contributed by atoms with E-state index in [0.29, 0.717) is 25.1 Å². The first-order chi connectivity index (χ1) is 16.3. The molecule has 34 heavy (non-hydrogen) atoms. The number of carboxylic acids is 1. The number of hydrogen-bond donors (Lipinski definition) is 5. The number of rotatable bonds is 10. The van der Waals surface area contributed by atoms with Gasteiger partial charge in [-0.05, 0) is 25.3 Å². The number of benzene rings is 1. The zero-order valence-electron chi connectivity index (χ0n) is 18.9. The van der Waals surface area contributed by atoms with Crippen molar-refractivity contribution in [3.05, 3.63) is 54.1 Å². The molecule has 1 aromatic heterocycles. The first kappa shape index (κ1) is 24.9. The molecule has 1 aromatic carbocycles. The predicted molar refractivity (Wildman–Crippen MR) is 122 cm³/mol. The Balaban J connectivity index is 1.58. The van der Waals surface area contributed by atoms with Crippen LogP contribution in [0.5, 0.6) is 0 Å². The molecule has 11 nitrogen and oxygen atoms in total. The van der Waals surface area contributed by atoms with Crippen molar-refractivity contribution in [3.8, 4) is 0 Å². The van der Waals surface area contributed by atoms with E-state index in [1.165, 1.54) is 18.2 Å². The van der Waals surface area contributed by atoms with Gasteiger partial charge in [0.25, 0.3) is 0 Å². The number of H-pyrrole nitrogens is 1. The molecule has 0 bridgehead atoms. The van der Waals surface area contributed by atoms with Crippen molar-refractivity contribution < 1.29 is 24.3 Å². The topological polar surface area (TPSA) is 171 Å². The van der Waals surface area contributed by atoms with Crippen LogP contribution >= 0.6 is 0 Å². The number of aromatic amines is 1. The first-order valence-corrected chi connectivity index (χ1v) is 11.2. The number of nitrogens with one attached hydrogen (secondary N) is 3. The van der Waals surface area contributed by atoms with Crippen molar-refractivity contribution in [1.82, 2.24) is 25.5 Å². The summed E-state index contributed by atoms with van der Waals surface area (Å²) in [4.78, 5) is 58.2. The smallest absolute Gasteiger partial charge is 0.326 e. The van der Waals surface area contributed by atoms with Crippen LogP contribution in [0.1, 0.15) is 31.0 Å². The van der Waals surface area contributed by atoms with Gasteiger partial charge in [0.05, 0.1) is 12.4 Å². The van der Waals surface area contributed by atoms with Crippen molar-refractivity contribution in [1.29, 1.82) is 0 Å². The molecule has 182 valence electrons. The SMILES string of the molecule is CC(NC(=O)C(N)Cc1cnc[nH]1)C(=O)N1CCCC1C(=O)NC(Cc1ccccc1)C(=O)O. The summed E-state index contributed by atoms with van der Waals surface area (Å²) < 4.78 is 0. The first-order valence-electron chi connectivity index (χ1n) is 11.2. The van der Waals surface area contributed by atoms with Gasteiger partial charge in [-0.15, -0.1) is 0 Å². The summed E-state index contributed by atoms with van der Waals surface area (Å²) in [5.74, 6) is -2.59. The summed E-state index contributed by atoms with van der Waals surface area (Å²) in [6.07, 6.45) is 4.43. The second-order valence-electron chi connectivity index (χ2n) is 8.40. The number of carboxylic acid groups (broad SMARTS) is 1. The third-order valence-electron chi connectivity index (χ3n) is 5.80. The van der Waals surface area contributed by atoms with Crippen LogP contribution in [0, 0.1) is 0 Å². The van der Waals surface area contributed by atoms with Crippen molar-refractivity contribution >= 4 is 23.7 Å². The molecular formula is C23H30N6O5. The summed E-state index contributed by atoms with van der Waals surface area (Å²) in [6, 6.07) is 5.30. The number of nitrogens with zero attached hydrogens (tertiary/aromatic N) is 2. The molecule has 3 amide bonds. The van der Waals surface area contributed by atoms with E-state index in [4.69, 9.17) is 5.73 Å². The van der Waals surface area contributed by atoms with E-state index in [1.54, 1.807) is 30.5 Å². The van der Waals surface area contributed by atoms with E-state index < -0.39 is 47.9 Å². The average molecular weight is 471 g/mol. The second kappa shape index (κ2) is 11.4. The molecule has 0 saturated carbocycles. The van der Waals surface area contributed by atoms with E-state index in [2.05, 4.69) is 20.6 Å². The molecule has 2 aromatic rings. The van der Waals surface area contributed by atoms with E-state index in [-0.39, 0.29) is 12.8 Å². The third-order valence-corrected chi connectivity index (χ3v) is 5.80. The normalized spacial score (nSPS) is 18.1. The number of carbonyl (C=O) groups excluding carboxylic acids is 3. The molecule has 1 aliphatic heterocycles. The molecule has 1 aliphatic rings. The number of carbonyl (C=O) groups is 4. The highest BCUT2D eigenvalue weighted by Gasteiger charge is 2.38. The van der Waals surface area contributed by atoms with Crippen molar-refractivity contribution in [2.45, 2.75) is 56.8 Å². The molecule has 6 N–H and O–H groups in total. The minimum atomic E-state index is -1.15. The fourth-order valence-electron chi connectivity index (χ4n) is 3.98. The number of hydrogen-bond acceptors (Lipinski definition) is 6. The summed E-state index contributed by atoms with van der Waals surface area (Å²) >= 11 is 0. The minimum absolute atomic E-state index is 0.128. The average Bonchev–Trinajstić information content (AvgIpc) is 3.50. The molecule has 0 spiro atoms. The minimum Gasteiger partial charge on any atom is -0.480 e. The van der Waals surface area contributed by atoms with Crippen molar-refractivity contribution in [2.24, 2.45) is 5.73 Å². The van der Waals surface area contributed by atoms with Gasteiger partial charge >= 0.3 is 5.97 Å². The highest BCUT2D eigenvalue weighted by atomic mass is 16.4. The highest BCUT2D eigenvalue weighted by Crippen LogP contribution is 2.19. The zero-order valence-corrected chi connectivity index (χ0v) is 18.9. The molecule has 0 aliphatic carbocycles. The van der Waals surface area contributed by atoms with Gasteiger partial charge in [0.2, 0.25) is 17.7 Å².